The standard InChI is InChI=1S/C19H16N4O3/c1-11-17-19(23(22-11)12-6-4-3-5-7-12)21-18(20-17)13-8-15-16(26-10-25-15)9-14(13)24-2/h3-9H,10H2,1-2H3,(H,20,21). The van der Waals surface area contributed by atoms with Crippen LogP contribution in [0.3, 0.4) is 0 Å². The van der Waals surface area contributed by atoms with Crippen LogP contribution in [0, 0.1) is 6.92 Å². The molecule has 1 N–H and O–H groups in total. The van der Waals surface area contributed by atoms with Crippen molar-refractivity contribution in [2.24, 2.45) is 0 Å². The largest absolute Gasteiger partial charge is 0.496 e. The first-order chi connectivity index (χ1) is 12.7. The highest BCUT2D eigenvalue weighted by Gasteiger charge is 2.22. The smallest absolute Gasteiger partial charge is 0.231 e. The zero-order chi connectivity index (χ0) is 17.7. The molecule has 3 heterocycles. The van der Waals surface area contributed by atoms with Crippen LogP contribution in [-0.2, 0) is 0 Å². The lowest BCUT2D eigenvalue weighted by Crippen LogP contribution is -1.97. The summed E-state index contributed by atoms with van der Waals surface area (Å²) in [5.74, 6) is 2.72. The minimum Gasteiger partial charge on any atom is -0.496 e. The molecule has 0 saturated carbocycles. The lowest BCUT2D eigenvalue weighted by Gasteiger charge is -2.07. The van der Waals surface area contributed by atoms with Gasteiger partial charge in [-0.25, -0.2) is 9.67 Å². The molecule has 4 aromatic rings. The Balaban J connectivity index is 1.70. The number of aryl methyl sites for hydroxylation is 1. The highest BCUT2D eigenvalue weighted by molar-refractivity contribution is 5.82. The fourth-order valence-corrected chi connectivity index (χ4v) is 3.17. The normalized spacial score (nSPS) is 12.7. The molecule has 0 fully saturated rings. The predicted molar refractivity (Wildman–Crippen MR) is 96.1 cm³/mol. The Bertz CT molecular complexity index is 1110. The topological polar surface area (TPSA) is 74.2 Å². The van der Waals surface area contributed by atoms with E-state index in [1.54, 1.807) is 7.11 Å². The van der Waals surface area contributed by atoms with Gasteiger partial charge in [0.2, 0.25) is 6.79 Å². The number of rotatable bonds is 3. The second kappa shape index (κ2) is 5.52. The summed E-state index contributed by atoms with van der Waals surface area (Å²) in [4.78, 5) is 8.15. The summed E-state index contributed by atoms with van der Waals surface area (Å²) in [5, 5.41) is 4.60. The van der Waals surface area contributed by atoms with Crippen molar-refractivity contribution >= 4 is 11.2 Å². The summed E-state index contributed by atoms with van der Waals surface area (Å²) in [7, 11) is 1.63. The van der Waals surface area contributed by atoms with Gasteiger partial charge >= 0.3 is 0 Å². The van der Waals surface area contributed by atoms with Gasteiger partial charge in [0, 0.05) is 6.07 Å². The van der Waals surface area contributed by atoms with Gasteiger partial charge in [-0.05, 0) is 25.1 Å². The number of nitrogens with one attached hydrogen (secondary N) is 1. The van der Waals surface area contributed by atoms with Crippen molar-refractivity contribution in [3.05, 3.63) is 48.2 Å². The van der Waals surface area contributed by atoms with E-state index in [0.717, 1.165) is 28.1 Å². The molecule has 0 amide bonds. The average Bonchev–Trinajstić information content (AvgIpc) is 3.37. The van der Waals surface area contributed by atoms with E-state index in [2.05, 4.69) is 10.1 Å². The maximum atomic E-state index is 5.52. The molecular formula is C19H16N4O3. The van der Waals surface area contributed by atoms with Gasteiger partial charge < -0.3 is 19.2 Å². The Morgan fingerprint density at radius 3 is 2.65 bits per heavy atom. The number of H-pyrrole nitrogens is 1. The highest BCUT2D eigenvalue weighted by Crippen LogP contribution is 2.42. The Morgan fingerprint density at radius 2 is 1.88 bits per heavy atom. The summed E-state index contributed by atoms with van der Waals surface area (Å²) < 4.78 is 18.3. The van der Waals surface area contributed by atoms with Crippen molar-refractivity contribution in [3.63, 3.8) is 0 Å². The molecule has 0 saturated heterocycles. The molecule has 1 aliphatic heterocycles. The Labute approximate surface area is 149 Å². The second-order valence-corrected chi connectivity index (χ2v) is 6.02. The van der Waals surface area contributed by atoms with E-state index in [1.807, 2.05) is 54.1 Å². The van der Waals surface area contributed by atoms with Crippen LogP contribution in [-0.4, -0.2) is 33.7 Å². The summed E-state index contributed by atoms with van der Waals surface area (Å²) in [5.41, 5.74) is 4.31. The van der Waals surface area contributed by atoms with E-state index in [4.69, 9.17) is 19.2 Å². The van der Waals surface area contributed by atoms with Gasteiger partial charge in [-0.15, -0.1) is 0 Å². The molecule has 1 aliphatic rings. The number of hydrogen-bond acceptors (Lipinski definition) is 5. The van der Waals surface area contributed by atoms with Crippen molar-refractivity contribution < 1.29 is 14.2 Å². The number of aromatic amines is 1. The Hall–Kier alpha value is -3.48. The molecule has 130 valence electrons. The lowest BCUT2D eigenvalue weighted by atomic mass is 10.1. The van der Waals surface area contributed by atoms with E-state index >= 15 is 0 Å². The number of aromatic nitrogens is 4. The number of fused-ring (bicyclic) bond motifs is 2. The molecule has 0 radical (unpaired) electrons. The molecule has 26 heavy (non-hydrogen) atoms. The van der Waals surface area contributed by atoms with Gasteiger partial charge in [0.1, 0.15) is 17.1 Å². The molecule has 0 bridgehead atoms. The van der Waals surface area contributed by atoms with Crippen LogP contribution in [0.4, 0.5) is 0 Å². The molecule has 0 unspecified atom stereocenters. The third-order valence-electron chi connectivity index (χ3n) is 4.45. The average molecular weight is 348 g/mol. The second-order valence-electron chi connectivity index (χ2n) is 6.02. The van der Waals surface area contributed by atoms with Crippen LogP contribution in [0.15, 0.2) is 42.5 Å². The van der Waals surface area contributed by atoms with Gasteiger partial charge in [0.25, 0.3) is 0 Å². The first kappa shape index (κ1) is 14.8. The Kier molecular flexibility index (Phi) is 3.15. The van der Waals surface area contributed by atoms with Crippen LogP contribution >= 0.6 is 0 Å². The number of benzene rings is 2. The Morgan fingerprint density at radius 1 is 1.12 bits per heavy atom. The maximum absolute atomic E-state index is 5.52. The molecule has 0 aliphatic carbocycles. The molecule has 7 nitrogen and oxygen atoms in total. The third-order valence-corrected chi connectivity index (χ3v) is 4.45. The van der Waals surface area contributed by atoms with E-state index in [-0.39, 0.29) is 6.79 Å². The minimum atomic E-state index is 0.212. The summed E-state index contributed by atoms with van der Waals surface area (Å²) in [6, 6.07) is 13.6. The van der Waals surface area contributed by atoms with Crippen LogP contribution in [0.2, 0.25) is 0 Å². The van der Waals surface area contributed by atoms with Crippen LogP contribution in [0.5, 0.6) is 17.2 Å². The summed E-state index contributed by atoms with van der Waals surface area (Å²) in [6.45, 7) is 2.17. The fourth-order valence-electron chi connectivity index (χ4n) is 3.17. The number of imidazole rings is 1. The summed E-state index contributed by atoms with van der Waals surface area (Å²) >= 11 is 0. The number of ether oxygens (including phenoxy) is 3. The van der Waals surface area contributed by atoms with Gasteiger partial charge in [0.15, 0.2) is 17.1 Å². The van der Waals surface area contributed by atoms with Gasteiger partial charge in [-0.2, -0.15) is 5.10 Å². The van der Waals surface area contributed by atoms with Crippen LogP contribution in [0.1, 0.15) is 5.69 Å². The monoisotopic (exact) mass is 348 g/mol. The molecule has 2 aromatic heterocycles. The maximum Gasteiger partial charge on any atom is 0.231 e. The number of para-hydroxylation sites is 1. The highest BCUT2D eigenvalue weighted by atomic mass is 16.7. The van der Waals surface area contributed by atoms with E-state index in [9.17, 15) is 0 Å². The molecule has 7 heteroatoms. The SMILES string of the molecule is COc1cc2c(cc1-c1nc3c([nH]1)c(C)nn3-c1ccccc1)OCO2. The molecule has 5 rings (SSSR count). The van der Waals surface area contributed by atoms with E-state index in [1.165, 1.54) is 0 Å². The quantitative estimate of drug-likeness (QED) is 0.614. The van der Waals surface area contributed by atoms with Crippen LogP contribution < -0.4 is 14.2 Å². The molecule has 0 atom stereocenters. The minimum absolute atomic E-state index is 0.212. The third kappa shape index (κ3) is 2.13. The zero-order valence-corrected chi connectivity index (χ0v) is 14.3. The van der Waals surface area contributed by atoms with Crippen molar-refractivity contribution in [1.29, 1.82) is 0 Å². The number of methoxy groups -OCH3 is 1. The van der Waals surface area contributed by atoms with E-state index < -0.39 is 0 Å². The first-order valence-corrected chi connectivity index (χ1v) is 8.23. The lowest BCUT2D eigenvalue weighted by molar-refractivity contribution is 0.174. The number of nitrogens with zero attached hydrogens (tertiary/aromatic N) is 3. The first-order valence-electron chi connectivity index (χ1n) is 8.23. The van der Waals surface area contributed by atoms with Crippen molar-refractivity contribution in [2.45, 2.75) is 6.92 Å². The van der Waals surface area contributed by atoms with Crippen molar-refractivity contribution in [2.75, 3.05) is 13.9 Å². The van der Waals surface area contributed by atoms with Gasteiger partial charge in [-0.3, -0.25) is 0 Å². The fraction of sp³-hybridized carbons (Fsp3) is 0.158. The van der Waals surface area contributed by atoms with Crippen molar-refractivity contribution in [1.82, 2.24) is 19.7 Å². The van der Waals surface area contributed by atoms with E-state index in [0.29, 0.717) is 23.1 Å². The predicted octanol–water partition coefficient (Wildman–Crippen LogP) is 3.46. The van der Waals surface area contributed by atoms with Gasteiger partial charge in [-0.1, -0.05) is 18.2 Å². The summed E-state index contributed by atoms with van der Waals surface area (Å²) in [6.07, 6.45) is 0. The zero-order valence-electron chi connectivity index (χ0n) is 14.3. The van der Waals surface area contributed by atoms with Crippen LogP contribution in [0.25, 0.3) is 28.2 Å². The molecular weight excluding hydrogens is 332 g/mol. The molecule has 0 spiro atoms. The molecule has 2 aromatic carbocycles. The van der Waals surface area contributed by atoms with Gasteiger partial charge in [0.05, 0.1) is 24.1 Å². The van der Waals surface area contributed by atoms with Crippen molar-refractivity contribution in [3.8, 4) is 34.3 Å². The number of hydrogen-bond donors (Lipinski definition) is 1.